The normalized spacial score (nSPS) is 18.6. The van der Waals surface area contributed by atoms with Crippen molar-refractivity contribution >= 4 is 17.7 Å². The molecule has 2 saturated heterocycles. The Morgan fingerprint density at radius 3 is 2.44 bits per heavy atom. The number of amides is 2. The zero-order valence-corrected chi connectivity index (χ0v) is 25.9. The van der Waals surface area contributed by atoms with E-state index >= 15 is 0 Å². The van der Waals surface area contributed by atoms with Crippen LogP contribution in [0.4, 0.5) is 10.5 Å². The highest BCUT2D eigenvalue weighted by atomic mass is 16.6. The molecule has 1 aliphatic carbocycles. The molecule has 0 atom stereocenters. The van der Waals surface area contributed by atoms with Gasteiger partial charge in [0.2, 0.25) is 0 Å². The zero-order chi connectivity index (χ0) is 29.9. The number of rotatable bonds is 8. The van der Waals surface area contributed by atoms with Gasteiger partial charge in [0, 0.05) is 49.7 Å². The van der Waals surface area contributed by atoms with Crippen molar-refractivity contribution in [2.75, 3.05) is 44.3 Å². The van der Waals surface area contributed by atoms with Gasteiger partial charge >= 0.3 is 6.09 Å². The monoisotopic (exact) mass is 565 g/mol. The molecular weight excluding hydrogens is 518 g/mol. The van der Waals surface area contributed by atoms with E-state index in [1.165, 1.54) is 5.57 Å². The summed E-state index contributed by atoms with van der Waals surface area (Å²) in [5.41, 5.74) is 6.54. The maximum Gasteiger partial charge on any atom is 0.410 e. The first-order chi connectivity index (χ1) is 19.4. The fourth-order valence-corrected chi connectivity index (χ4v) is 5.84. The summed E-state index contributed by atoms with van der Waals surface area (Å²) >= 11 is 0. The predicted molar refractivity (Wildman–Crippen MR) is 163 cm³/mol. The number of ether oxygens (including phenoxy) is 3. The standard InChI is InChI=1S/C33H47N3O5/c1-9-36(25-10-12-39-13-11-25)30-17-26(40-27-19-35(20-27)32(38)41-33(6,7)8)16-28(24(30)5)31(37)34-18-29-22(3)14-21(2)15-23(29)4/h15-17,25,27H,3,9-14,18-20H2,1-2,4-8H3,(H,34,37). The molecule has 0 bridgehead atoms. The van der Waals surface area contributed by atoms with Gasteiger partial charge in [-0.25, -0.2) is 4.79 Å². The fraction of sp³-hybridized carbons (Fsp3) is 0.576. The highest BCUT2D eigenvalue weighted by molar-refractivity contribution is 5.98. The molecule has 8 heteroatoms. The number of nitrogens with one attached hydrogen (secondary N) is 1. The lowest BCUT2D eigenvalue weighted by Crippen LogP contribution is -2.57. The molecule has 2 fully saturated rings. The molecular formula is C33H47N3O5. The molecule has 224 valence electrons. The summed E-state index contributed by atoms with van der Waals surface area (Å²) in [5.74, 6) is 0.492. The van der Waals surface area contributed by atoms with Crippen molar-refractivity contribution in [2.24, 2.45) is 0 Å². The Balaban J connectivity index is 1.56. The van der Waals surface area contributed by atoms with Gasteiger partial charge in [0.15, 0.2) is 0 Å². The Morgan fingerprint density at radius 1 is 1.15 bits per heavy atom. The lowest BCUT2D eigenvalue weighted by atomic mass is 9.90. The van der Waals surface area contributed by atoms with Crippen molar-refractivity contribution in [1.29, 1.82) is 0 Å². The van der Waals surface area contributed by atoms with Crippen LogP contribution >= 0.6 is 0 Å². The SMILES string of the molecule is C=C1CC(C)=CC(C)=C1CNC(=O)c1cc(OC2CN(C(=O)OC(C)(C)C)C2)cc(N(CC)C2CCOCC2)c1C. The molecule has 0 saturated carbocycles. The first-order valence-corrected chi connectivity index (χ1v) is 14.8. The average molecular weight is 566 g/mol. The van der Waals surface area contributed by atoms with E-state index in [2.05, 4.69) is 43.6 Å². The maximum atomic E-state index is 13.7. The number of hydrogen-bond donors (Lipinski definition) is 1. The number of carbonyl (C=O) groups excluding carboxylic acids is 2. The molecule has 0 aromatic heterocycles. The van der Waals surface area contributed by atoms with Crippen LogP contribution < -0.4 is 15.0 Å². The van der Waals surface area contributed by atoms with Crippen LogP contribution in [0.1, 0.15) is 76.7 Å². The van der Waals surface area contributed by atoms with E-state index < -0.39 is 5.60 Å². The van der Waals surface area contributed by atoms with E-state index in [0.29, 0.717) is 37.0 Å². The van der Waals surface area contributed by atoms with E-state index in [1.807, 2.05) is 39.8 Å². The lowest BCUT2D eigenvalue weighted by molar-refractivity contribution is -0.0221. The van der Waals surface area contributed by atoms with Crippen molar-refractivity contribution in [1.82, 2.24) is 10.2 Å². The Hall–Kier alpha value is -3.26. The Labute approximate surface area is 245 Å². The summed E-state index contributed by atoms with van der Waals surface area (Å²) < 4.78 is 17.5. The van der Waals surface area contributed by atoms with Gasteiger partial charge in [0.1, 0.15) is 17.5 Å². The molecule has 0 radical (unpaired) electrons. The third-order valence-electron chi connectivity index (χ3n) is 7.97. The summed E-state index contributed by atoms with van der Waals surface area (Å²) in [4.78, 5) is 30.1. The first kappa shape index (κ1) is 30.7. The van der Waals surface area contributed by atoms with Gasteiger partial charge in [-0.05, 0) is 96.1 Å². The van der Waals surface area contributed by atoms with Crippen LogP contribution in [0.15, 0.2) is 47.1 Å². The highest BCUT2D eigenvalue weighted by Crippen LogP contribution is 2.34. The van der Waals surface area contributed by atoms with Crippen molar-refractivity contribution < 1.29 is 23.8 Å². The second kappa shape index (κ2) is 12.7. The zero-order valence-electron chi connectivity index (χ0n) is 25.9. The number of benzene rings is 1. The Morgan fingerprint density at radius 2 is 1.83 bits per heavy atom. The molecule has 4 rings (SSSR count). The highest BCUT2D eigenvalue weighted by Gasteiger charge is 2.35. The van der Waals surface area contributed by atoms with Gasteiger partial charge in [-0.3, -0.25) is 4.79 Å². The van der Waals surface area contributed by atoms with Crippen molar-refractivity contribution in [3.05, 3.63) is 58.2 Å². The van der Waals surface area contributed by atoms with Gasteiger partial charge < -0.3 is 29.3 Å². The van der Waals surface area contributed by atoms with Gasteiger partial charge in [0.25, 0.3) is 5.91 Å². The van der Waals surface area contributed by atoms with Gasteiger partial charge in [-0.15, -0.1) is 0 Å². The largest absolute Gasteiger partial charge is 0.487 e. The second-order valence-corrected chi connectivity index (χ2v) is 12.5. The summed E-state index contributed by atoms with van der Waals surface area (Å²) in [6.45, 7) is 21.7. The van der Waals surface area contributed by atoms with E-state index in [4.69, 9.17) is 14.2 Å². The van der Waals surface area contributed by atoms with Crippen LogP contribution in [0, 0.1) is 6.92 Å². The summed E-state index contributed by atoms with van der Waals surface area (Å²) in [6.07, 6.45) is 4.37. The molecule has 8 nitrogen and oxygen atoms in total. The second-order valence-electron chi connectivity index (χ2n) is 12.5. The minimum Gasteiger partial charge on any atom is -0.487 e. The third-order valence-corrected chi connectivity index (χ3v) is 7.97. The van der Waals surface area contributed by atoms with Crippen molar-refractivity contribution in [3.8, 4) is 5.75 Å². The number of carbonyl (C=O) groups is 2. The minimum atomic E-state index is -0.543. The number of anilines is 1. The van der Waals surface area contributed by atoms with Crippen LogP contribution in [0.3, 0.4) is 0 Å². The molecule has 0 unspecified atom stereocenters. The average Bonchev–Trinajstić information content (AvgIpc) is 2.86. The molecule has 1 N–H and O–H groups in total. The molecule has 3 aliphatic rings. The van der Waals surface area contributed by atoms with Crippen LogP contribution in [0.2, 0.25) is 0 Å². The topological polar surface area (TPSA) is 80.3 Å². The van der Waals surface area contributed by atoms with Crippen molar-refractivity contribution in [2.45, 2.75) is 85.5 Å². The summed E-state index contributed by atoms with van der Waals surface area (Å²) in [6, 6.07) is 4.21. The van der Waals surface area contributed by atoms with Crippen LogP contribution in [0.25, 0.3) is 0 Å². The first-order valence-electron chi connectivity index (χ1n) is 14.8. The molecule has 0 spiro atoms. The van der Waals surface area contributed by atoms with Crippen LogP contribution in [-0.4, -0.2) is 74.0 Å². The Kier molecular flexibility index (Phi) is 9.52. The quantitative estimate of drug-likeness (QED) is 0.420. The Bertz CT molecular complexity index is 1230. The summed E-state index contributed by atoms with van der Waals surface area (Å²) in [5, 5.41) is 3.15. The van der Waals surface area contributed by atoms with E-state index in [-0.39, 0.29) is 18.1 Å². The van der Waals surface area contributed by atoms with Gasteiger partial charge in [-0.2, -0.15) is 0 Å². The van der Waals surface area contributed by atoms with E-state index in [0.717, 1.165) is 67.0 Å². The lowest BCUT2D eigenvalue weighted by Gasteiger charge is -2.40. The fourth-order valence-electron chi connectivity index (χ4n) is 5.84. The van der Waals surface area contributed by atoms with Crippen LogP contribution in [0.5, 0.6) is 5.75 Å². The predicted octanol–water partition coefficient (Wildman–Crippen LogP) is 5.95. The number of hydrogen-bond acceptors (Lipinski definition) is 6. The molecule has 41 heavy (non-hydrogen) atoms. The van der Waals surface area contributed by atoms with Crippen molar-refractivity contribution in [3.63, 3.8) is 0 Å². The molecule has 2 amide bonds. The minimum absolute atomic E-state index is 0.138. The molecule has 1 aromatic rings. The smallest absolute Gasteiger partial charge is 0.410 e. The third kappa shape index (κ3) is 7.53. The maximum absolute atomic E-state index is 13.7. The van der Waals surface area contributed by atoms with E-state index in [1.54, 1.807) is 4.90 Å². The molecule has 2 heterocycles. The van der Waals surface area contributed by atoms with Gasteiger partial charge in [-0.1, -0.05) is 18.2 Å². The molecule has 1 aromatic carbocycles. The van der Waals surface area contributed by atoms with E-state index in [9.17, 15) is 9.59 Å². The number of allylic oxidation sites excluding steroid dienone is 3. The van der Waals surface area contributed by atoms with Crippen LogP contribution in [-0.2, 0) is 9.47 Å². The summed E-state index contributed by atoms with van der Waals surface area (Å²) in [7, 11) is 0. The molecule has 2 aliphatic heterocycles. The van der Waals surface area contributed by atoms with Gasteiger partial charge in [0.05, 0.1) is 13.1 Å². The number of likely N-dealkylation sites (tertiary alicyclic amines) is 1. The number of nitrogens with zero attached hydrogens (tertiary/aromatic N) is 2.